The molecule has 2 amide bonds. The molecule has 12 heteroatoms. The van der Waals surface area contributed by atoms with Crippen molar-refractivity contribution in [3.8, 4) is 0 Å². The number of thiazole rings is 1. The summed E-state index contributed by atoms with van der Waals surface area (Å²) in [6.45, 7) is 2.07. The standard InChI is InChI=1S/C22H27FN8OS2/c23-17-6-4-16(5-7-17)13-31(19-3-1-2-8-26-19)11-9-27-21(32)28-10-12-33-14-18-15-34-22(29-18)30-20(24)25/h1-8,15H,9-14H2,(H2,27,28,32)(H4,24,25,29,30). The van der Waals surface area contributed by atoms with Crippen LogP contribution in [0.4, 0.5) is 20.1 Å². The molecule has 1 aromatic carbocycles. The minimum Gasteiger partial charge on any atom is -0.370 e. The second kappa shape index (κ2) is 13.4. The summed E-state index contributed by atoms with van der Waals surface area (Å²) < 4.78 is 13.2. The molecule has 0 radical (unpaired) electrons. The van der Waals surface area contributed by atoms with Crippen molar-refractivity contribution in [1.82, 2.24) is 20.6 Å². The second-order valence-corrected chi connectivity index (χ2v) is 9.07. The highest BCUT2D eigenvalue weighted by Crippen LogP contribution is 2.21. The number of halogens is 1. The third kappa shape index (κ3) is 8.87. The molecule has 6 N–H and O–H groups in total. The Morgan fingerprint density at radius 1 is 1.15 bits per heavy atom. The molecule has 0 aliphatic carbocycles. The number of nitrogens with one attached hydrogen (secondary N) is 2. The van der Waals surface area contributed by atoms with Crippen LogP contribution in [0.25, 0.3) is 0 Å². The van der Waals surface area contributed by atoms with E-state index in [9.17, 15) is 9.18 Å². The third-order valence-corrected chi connectivity index (χ3v) is 6.25. The first-order valence-electron chi connectivity index (χ1n) is 10.5. The first-order chi connectivity index (χ1) is 16.5. The van der Waals surface area contributed by atoms with Gasteiger partial charge in [0.2, 0.25) is 5.13 Å². The van der Waals surface area contributed by atoms with E-state index in [0.717, 1.165) is 22.8 Å². The molecule has 0 spiro atoms. The molecule has 9 nitrogen and oxygen atoms in total. The Morgan fingerprint density at radius 2 is 1.94 bits per heavy atom. The van der Waals surface area contributed by atoms with Gasteiger partial charge in [-0.25, -0.2) is 19.2 Å². The molecule has 2 heterocycles. The minimum absolute atomic E-state index is 0.0117. The highest BCUT2D eigenvalue weighted by Gasteiger charge is 2.10. The monoisotopic (exact) mass is 502 g/mol. The number of nitrogens with zero attached hydrogens (tertiary/aromatic N) is 4. The van der Waals surface area contributed by atoms with Gasteiger partial charge < -0.3 is 27.0 Å². The SMILES string of the molecule is NC(N)=Nc1nc(CSCCNC(=O)NCCN(Cc2ccc(F)cc2)c2ccccn2)cs1. The summed E-state index contributed by atoms with van der Waals surface area (Å²) in [6, 6.07) is 11.8. The molecule has 0 bridgehead atoms. The second-order valence-electron chi connectivity index (χ2n) is 7.13. The molecular weight excluding hydrogens is 475 g/mol. The Labute approximate surface area is 205 Å². The zero-order valence-electron chi connectivity index (χ0n) is 18.5. The Kier molecular flexibility index (Phi) is 9.92. The van der Waals surface area contributed by atoms with Gasteiger partial charge in [-0.1, -0.05) is 18.2 Å². The number of aromatic nitrogens is 2. The Balaban J connectivity index is 1.36. The van der Waals surface area contributed by atoms with Gasteiger partial charge in [-0.05, 0) is 29.8 Å². The molecule has 0 aliphatic heterocycles. The number of hydrogen-bond acceptors (Lipinski definition) is 7. The summed E-state index contributed by atoms with van der Waals surface area (Å²) in [5, 5.41) is 8.17. The van der Waals surface area contributed by atoms with E-state index in [0.29, 0.717) is 37.1 Å². The number of carbonyl (C=O) groups excluding carboxylic acids is 1. The fraction of sp³-hybridized carbons (Fsp3) is 0.273. The molecule has 3 aromatic rings. The summed E-state index contributed by atoms with van der Waals surface area (Å²) in [5.74, 6) is 1.96. The van der Waals surface area contributed by atoms with Gasteiger partial charge in [-0.2, -0.15) is 16.8 Å². The van der Waals surface area contributed by atoms with E-state index in [1.807, 2.05) is 28.5 Å². The van der Waals surface area contributed by atoms with Crippen LogP contribution in [-0.2, 0) is 12.3 Å². The van der Waals surface area contributed by atoms with Crippen molar-refractivity contribution in [2.45, 2.75) is 12.3 Å². The molecule has 180 valence electrons. The lowest BCUT2D eigenvalue weighted by molar-refractivity contribution is 0.241. The quantitative estimate of drug-likeness (QED) is 0.170. The highest BCUT2D eigenvalue weighted by molar-refractivity contribution is 7.98. The largest absolute Gasteiger partial charge is 0.370 e. The third-order valence-electron chi connectivity index (χ3n) is 4.47. The van der Waals surface area contributed by atoms with E-state index in [1.54, 1.807) is 30.1 Å². The van der Waals surface area contributed by atoms with Crippen molar-refractivity contribution in [2.75, 3.05) is 30.3 Å². The average Bonchev–Trinajstić information content (AvgIpc) is 3.26. The smallest absolute Gasteiger partial charge is 0.314 e. The fourth-order valence-corrected chi connectivity index (χ4v) is 4.49. The van der Waals surface area contributed by atoms with E-state index in [1.165, 1.54) is 23.5 Å². The molecule has 0 unspecified atom stereocenters. The van der Waals surface area contributed by atoms with Crippen LogP contribution in [0.5, 0.6) is 0 Å². The van der Waals surface area contributed by atoms with Gasteiger partial charge in [0.25, 0.3) is 0 Å². The molecule has 0 saturated heterocycles. The number of guanidine groups is 1. The van der Waals surface area contributed by atoms with Crippen LogP contribution < -0.4 is 27.0 Å². The number of aliphatic imine (C=N–C) groups is 1. The van der Waals surface area contributed by atoms with E-state index in [-0.39, 0.29) is 17.8 Å². The Hall–Kier alpha value is -3.38. The molecule has 2 aromatic heterocycles. The van der Waals surface area contributed by atoms with E-state index >= 15 is 0 Å². The van der Waals surface area contributed by atoms with Gasteiger partial charge >= 0.3 is 6.03 Å². The summed E-state index contributed by atoms with van der Waals surface area (Å²) in [5.41, 5.74) is 12.5. The lowest BCUT2D eigenvalue weighted by Gasteiger charge is -2.24. The Bertz CT molecular complexity index is 1060. The summed E-state index contributed by atoms with van der Waals surface area (Å²) >= 11 is 3.04. The highest BCUT2D eigenvalue weighted by atomic mass is 32.2. The van der Waals surface area contributed by atoms with Crippen molar-refractivity contribution < 1.29 is 9.18 Å². The lowest BCUT2D eigenvalue weighted by atomic mass is 10.2. The van der Waals surface area contributed by atoms with Crippen LogP contribution in [-0.4, -0.2) is 47.3 Å². The van der Waals surface area contributed by atoms with E-state index in [4.69, 9.17) is 11.5 Å². The number of amides is 2. The molecule has 0 saturated carbocycles. The fourth-order valence-electron chi connectivity index (χ4n) is 2.93. The number of carbonyl (C=O) groups is 1. The first-order valence-corrected chi connectivity index (χ1v) is 12.6. The number of rotatable bonds is 12. The molecule has 34 heavy (non-hydrogen) atoms. The Morgan fingerprint density at radius 3 is 2.68 bits per heavy atom. The normalized spacial score (nSPS) is 10.5. The summed E-state index contributed by atoms with van der Waals surface area (Å²) in [4.78, 5) is 26.8. The van der Waals surface area contributed by atoms with Crippen molar-refractivity contribution in [3.05, 3.63) is 71.1 Å². The maximum Gasteiger partial charge on any atom is 0.314 e. The maximum absolute atomic E-state index is 13.2. The van der Waals surface area contributed by atoms with Crippen LogP contribution in [0.15, 0.2) is 59.0 Å². The van der Waals surface area contributed by atoms with E-state index in [2.05, 4.69) is 25.6 Å². The van der Waals surface area contributed by atoms with Crippen LogP contribution in [0.2, 0.25) is 0 Å². The number of thioether (sulfide) groups is 1. The van der Waals surface area contributed by atoms with Crippen LogP contribution in [0.3, 0.4) is 0 Å². The topological polar surface area (TPSA) is 135 Å². The lowest BCUT2D eigenvalue weighted by Crippen LogP contribution is -2.41. The molecular formula is C22H27FN8OS2. The number of anilines is 1. The number of pyridine rings is 1. The number of nitrogens with two attached hydrogens (primary N) is 2. The van der Waals surface area contributed by atoms with Crippen molar-refractivity contribution >= 4 is 46.0 Å². The molecule has 0 fully saturated rings. The zero-order chi connectivity index (χ0) is 24.2. The van der Waals surface area contributed by atoms with Crippen molar-refractivity contribution in [2.24, 2.45) is 16.5 Å². The minimum atomic E-state index is -0.271. The van der Waals surface area contributed by atoms with Crippen LogP contribution in [0, 0.1) is 5.82 Å². The van der Waals surface area contributed by atoms with Gasteiger partial charge in [-0.3, -0.25) is 0 Å². The first kappa shape index (κ1) is 25.2. The predicted octanol–water partition coefficient (Wildman–Crippen LogP) is 2.82. The molecule has 3 rings (SSSR count). The summed E-state index contributed by atoms with van der Waals surface area (Å²) in [7, 11) is 0. The van der Waals surface area contributed by atoms with Crippen LogP contribution in [0.1, 0.15) is 11.3 Å². The molecule has 0 aliphatic rings. The number of urea groups is 1. The predicted molar refractivity (Wildman–Crippen MR) is 137 cm³/mol. The van der Waals surface area contributed by atoms with Gasteiger partial charge in [0.05, 0.1) is 5.69 Å². The van der Waals surface area contributed by atoms with Crippen molar-refractivity contribution in [1.29, 1.82) is 0 Å². The molecule has 0 atom stereocenters. The van der Waals surface area contributed by atoms with E-state index < -0.39 is 0 Å². The van der Waals surface area contributed by atoms with Crippen LogP contribution >= 0.6 is 23.1 Å². The van der Waals surface area contributed by atoms with Gasteiger partial charge in [0.15, 0.2) is 5.96 Å². The average molecular weight is 503 g/mol. The summed E-state index contributed by atoms with van der Waals surface area (Å²) in [6.07, 6.45) is 1.72. The zero-order valence-corrected chi connectivity index (χ0v) is 20.1. The van der Waals surface area contributed by atoms with Gasteiger partial charge in [0.1, 0.15) is 11.6 Å². The number of hydrogen-bond donors (Lipinski definition) is 4. The maximum atomic E-state index is 13.2. The van der Waals surface area contributed by atoms with Gasteiger partial charge in [0, 0.05) is 49.3 Å². The number of benzene rings is 1. The van der Waals surface area contributed by atoms with Gasteiger partial charge in [-0.15, -0.1) is 11.3 Å². The van der Waals surface area contributed by atoms with Crippen molar-refractivity contribution in [3.63, 3.8) is 0 Å².